The molecule has 3 aromatic carbocycles. The van der Waals surface area contributed by atoms with Crippen LogP contribution in [0.1, 0.15) is 22.3 Å². The van der Waals surface area contributed by atoms with Crippen LogP contribution in [0, 0.1) is 0 Å². The molecule has 0 saturated carbocycles. The SMILES string of the molecule is FC(F)(F)c1cc(C(F)(F)F)c(C(F)(F)F)c(C(F)(F)F)c1Oc1nnc(-c2cccs2)c2cc3ccccc3cc12. The summed E-state index contributed by atoms with van der Waals surface area (Å²) in [5, 5.41) is 9.80. The standard InChI is InChI=1S/C26H10F12N2OS/c27-23(28,29)15-10-16(24(30,31)32)21(19(26(36,37)38)18(15)25(33,34)35)41-22-14-9-12-5-2-1-4-11(12)8-13(14)20(39-40-22)17-6-3-7-42-17/h1-10H. The molecule has 0 aliphatic carbocycles. The maximum absolute atomic E-state index is 14.1. The summed E-state index contributed by atoms with van der Waals surface area (Å²) in [5.41, 5.74) is -12.5. The minimum Gasteiger partial charge on any atom is -0.436 e. The van der Waals surface area contributed by atoms with Gasteiger partial charge in [-0.05, 0) is 40.4 Å². The number of fused-ring (bicyclic) bond motifs is 2. The van der Waals surface area contributed by atoms with Gasteiger partial charge in [0.25, 0.3) is 0 Å². The van der Waals surface area contributed by atoms with Crippen LogP contribution in [-0.4, -0.2) is 10.2 Å². The predicted molar refractivity (Wildman–Crippen MR) is 127 cm³/mol. The molecular weight excluding hydrogens is 616 g/mol. The summed E-state index contributed by atoms with van der Waals surface area (Å²) in [6, 6.07) is 11.2. The van der Waals surface area contributed by atoms with Crippen molar-refractivity contribution >= 4 is 32.9 Å². The maximum Gasteiger partial charge on any atom is 0.420 e. The van der Waals surface area contributed by atoms with Crippen LogP contribution < -0.4 is 4.74 Å². The highest BCUT2D eigenvalue weighted by Crippen LogP contribution is 2.55. The number of benzene rings is 3. The van der Waals surface area contributed by atoms with Gasteiger partial charge in [0, 0.05) is 10.8 Å². The lowest BCUT2D eigenvalue weighted by Gasteiger charge is -2.26. The molecule has 3 nitrogen and oxygen atoms in total. The van der Waals surface area contributed by atoms with E-state index in [1.807, 2.05) is 0 Å². The zero-order valence-electron chi connectivity index (χ0n) is 20.0. The molecule has 0 fully saturated rings. The third kappa shape index (κ3) is 5.30. The van der Waals surface area contributed by atoms with E-state index in [0.717, 1.165) is 11.3 Å². The first kappa shape index (κ1) is 29.4. The van der Waals surface area contributed by atoms with Gasteiger partial charge in [0.1, 0.15) is 11.3 Å². The second kappa shape index (κ2) is 9.74. The summed E-state index contributed by atoms with van der Waals surface area (Å²) in [6.45, 7) is 0. The van der Waals surface area contributed by atoms with Gasteiger partial charge in [-0.2, -0.15) is 52.7 Å². The highest BCUT2D eigenvalue weighted by Gasteiger charge is 2.55. The average Bonchev–Trinajstić information content (AvgIpc) is 3.39. The van der Waals surface area contributed by atoms with Crippen molar-refractivity contribution in [2.45, 2.75) is 24.7 Å². The van der Waals surface area contributed by atoms with Gasteiger partial charge in [0.2, 0.25) is 5.88 Å². The van der Waals surface area contributed by atoms with Crippen LogP contribution in [0.5, 0.6) is 11.6 Å². The number of aromatic nitrogens is 2. The molecule has 220 valence electrons. The Balaban J connectivity index is 1.89. The van der Waals surface area contributed by atoms with E-state index < -0.39 is 64.7 Å². The summed E-state index contributed by atoms with van der Waals surface area (Å²) in [7, 11) is 0. The number of rotatable bonds is 3. The van der Waals surface area contributed by atoms with Gasteiger partial charge in [-0.3, -0.25) is 0 Å². The average molecular weight is 626 g/mol. The number of ether oxygens (including phenoxy) is 1. The lowest BCUT2D eigenvalue weighted by atomic mass is 9.94. The van der Waals surface area contributed by atoms with E-state index in [4.69, 9.17) is 4.74 Å². The van der Waals surface area contributed by atoms with Crippen LogP contribution in [-0.2, 0) is 24.7 Å². The molecule has 0 unspecified atom stereocenters. The molecule has 0 radical (unpaired) electrons. The Kier molecular flexibility index (Phi) is 6.82. The van der Waals surface area contributed by atoms with Gasteiger partial charge >= 0.3 is 24.7 Å². The minimum absolute atomic E-state index is 0.0891. The quantitative estimate of drug-likeness (QED) is 0.148. The van der Waals surface area contributed by atoms with Crippen molar-refractivity contribution in [1.82, 2.24) is 10.2 Å². The molecule has 0 amide bonds. The molecular formula is C26H10F12N2OS. The highest BCUT2D eigenvalue weighted by molar-refractivity contribution is 7.13. The highest BCUT2D eigenvalue weighted by atomic mass is 32.1. The van der Waals surface area contributed by atoms with Crippen molar-refractivity contribution in [3.05, 3.63) is 82.2 Å². The number of halogens is 12. The van der Waals surface area contributed by atoms with Crippen LogP contribution in [0.15, 0.2) is 60.0 Å². The van der Waals surface area contributed by atoms with Gasteiger partial charge in [-0.1, -0.05) is 30.3 Å². The molecule has 16 heteroatoms. The van der Waals surface area contributed by atoms with Crippen molar-refractivity contribution in [3.8, 4) is 22.2 Å². The first-order valence-corrected chi connectivity index (χ1v) is 12.2. The monoisotopic (exact) mass is 626 g/mol. The van der Waals surface area contributed by atoms with Crippen LogP contribution in [0.3, 0.4) is 0 Å². The predicted octanol–water partition coefficient (Wildman–Crippen LogP) is 10.4. The number of hydrogen-bond acceptors (Lipinski definition) is 4. The normalized spacial score (nSPS) is 13.2. The smallest absolute Gasteiger partial charge is 0.420 e. The van der Waals surface area contributed by atoms with E-state index in [2.05, 4.69) is 10.2 Å². The number of nitrogens with zero attached hydrogens (tertiary/aromatic N) is 2. The third-order valence-corrected chi connectivity index (χ3v) is 6.90. The van der Waals surface area contributed by atoms with Crippen LogP contribution >= 0.6 is 11.3 Å². The molecule has 0 N–H and O–H groups in total. The molecule has 0 spiro atoms. The summed E-state index contributed by atoms with van der Waals surface area (Å²) in [4.78, 5) is 0.468. The number of thiophene rings is 1. The second-order valence-corrected chi connectivity index (χ2v) is 9.67. The van der Waals surface area contributed by atoms with E-state index in [1.54, 1.807) is 35.7 Å². The summed E-state index contributed by atoms with van der Waals surface area (Å²) in [5.74, 6) is -3.65. The van der Waals surface area contributed by atoms with Crippen molar-refractivity contribution in [2.75, 3.05) is 0 Å². The van der Waals surface area contributed by atoms with Crippen LogP contribution in [0.2, 0.25) is 0 Å². The third-order valence-electron chi connectivity index (χ3n) is 6.02. The number of alkyl halides is 12. The molecule has 0 atom stereocenters. The Morgan fingerprint density at radius 3 is 1.64 bits per heavy atom. The molecule has 42 heavy (non-hydrogen) atoms. The van der Waals surface area contributed by atoms with Gasteiger partial charge in [-0.15, -0.1) is 21.5 Å². The Morgan fingerprint density at radius 1 is 0.571 bits per heavy atom. The Hall–Kier alpha value is -4.08. The molecule has 5 rings (SSSR count). The van der Waals surface area contributed by atoms with Crippen molar-refractivity contribution in [3.63, 3.8) is 0 Å². The fourth-order valence-corrected chi connectivity index (χ4v) is 5.08. The molecule has 0 aliphatic rings. The van der Waals surface area contributed by atoms with Gasteiger partial charge in [-0.25, -0.2) is 0 Å². The second-order valence-electron chi connectivity index (χ2n) is 8.72. The lowest BCUT2D eigenvalue weighted by molar-refractivity contribution is -0.177. The fraction of sp³-hybridized carbons (Fsp3) is 0.154. The van der Waals surface area contributed by atoms with Crippen LogP contribution in [0.4, 0.5) is 52.7 Å². The van der Waals surface area contributed by atoms with E-state index >= 15 is 0 Å². The van der Waals surface area contributed by atoms with Crippen molar-refractivity contribution in [2.24, 2.45) is 0 Å². The first-order chi connectivity index (χ1) is 19.4. The topological polar surface area (TPSA) is 35.0 Å². The molecule has 2 heterocycles. The Labute approximate surface area is 230 Å². The van der Waals surface area contributed by atoms with E-state index in [1.165, 1.54) is 18.2 Å². The number of hydrogen-bond donors (Lipinski definition) is 0. The Bertz CT molecular complexity index is 1800. The zero-order valence-corrected chi connectivity index (χ0v) is 20.8. The van der Waals surface area contributed by atoms with E-state index in [9.17, 15) is 52.7 Å². The summed E-state index contributed by atoms with van der Waals surface area (Å²) in [6.07, 6.45) is -25.1. The largest absolute Gasteiger partial charge is 0.436 e. The van der Waals surface area contributed by atoms with Crippen molar-refractivity contribution in [1.29, 1.82) is 0 Å². The molecule has 0 aliphatic heterocycles. The molecule has 0 bridgehead atoms. The van der Waals surface area contributed by atoms with Crippen molar-refractivity contribution < 1.29 is 57.4 Å². The van der Waals surface area contributed by atoms with Gasteiger partial charge in [0.15, 0.2) is 5.75 Å². The van der Waals surface area contributed by atoms with E-state index in [-0.39, 0.29) is 16.5 Å². The van der Waals surface area contributed by atoms with E-state index in [0.29, 0.717) is 15.6 Å². The van der Waals surface area contributed by atoms with Gasteiger partial charge in [0.05, 0.1) is 21.6 Å². The molecule has 2 aromatic heterocycles. The van der Waals surface area contributed by atoms with Gasteiger partial charge < -0.3 is 4.74 Å². The minimum atomic E-state index is -6.40. The molecule has 0 saturated heterocycles. The fourth-order valence-electron chi connectivity index (χ4n) is 4.35. The summed E-state index contributed by atoms with van der Waals surface area (Å²) >= 11 is 1.15. The Morgan fingerprint density at radius 2 is 1.14 bits per heavy atom. The lowest BCUT2D eigenvalue weighted by Crippen LogP contribution is -2.26. The molecule has 5 aromatic rings. The zero-order chi connectivity index (χ0) is 30.8. The first-order valence-electron chi connectivity index (χ1n) is 11.3. The maximum atomic E-state index is 14.1. The summed E-state index contributed by atoms with van der Waals surface area (Å²) < 4.78 is 171. The van der Waals surface area contributed by atoms with Crippen LogP contribution in [0.25, 0.3) is 32.1 Å².